The van der Waals surface area contributed by atoms with Crippen LogP contribution in [0.4, 0.5) is 0 Å². The van der Waals surface area contributed by atoms with Crippen LogP contribution in [0.2, 0.25) is 0 Å². The van der Waals surface area contributed by atoms with E-state index >= 15 is 0 Å². The Labute approximate surface area is 137 Å². The van der Waals surface area contributed by atoms with Gasteiger partial charge in [-0.25, -0.2) is 4.98 Å². The molecule has 0 bridgehead atoms. The molecule has 0 aliphatic rings. The van der Waals surface area contributed by atoms with Crippen molar-refractivity contribution in [3.05, 3.63) is 77.5 Å². The Bertz CT molecular complexity index is 1150. The van der Waals surface area contributed by atoms with Gasteiger partial charge in [0.25, 0.3) is 0 Å². The van der Waals surface area contributed by atoms with Crippen LogP contribution in [0.15, 0.2) is 60.8 Å². The highest BCUT2D eigenvalue weighted by molar-refractivity contribution is 6.11. The number of pyridine rings is 1. The molecule has 0 unspecified atom stereocenters. The minimum absolute atomic E-state index is 0.0865. The van der Waals surface area contributed by atoms with E-state index in [1.165, 1.54) is 12.1 Å². The molecule has 4 aromatic rings. The number of hydrogen-bond acceptors (Lipinski definition) is 4. The smallest absolute Gasteiger partial charge is 0.198 e. The van der Waals surface area contributed by atoms with Gasteiger partial charge >= 0.3 is 0 Å². The second-order valence-corrected chi connectivity index (χ2v) is 5.39. The molecule has 0 fully saturated rings. The molecule has 114 valence electrons. The van der Waals surface area contributed by atoms with Crippen molar-refractivity contribution in [3.8, 4) is 11.8 Å². The van der Waals surface area contributed by atoms with Gasteiger partial charge in [0.15, 0.2) is 11.4 Å². The van der Waals surface area contributed by atoms with Gasteiger partial charge in [0.1, 0.15) is 11.8 Å². The van der Waals surface area contributed by atoms with Crippen molar-refractivity contribution in [1.82, 2.24) is 9.38 Å². The zero-order valence-electron chi connectivity index (χ0n) is 12.5. The molecule has 0 amide bonds. The summed E-state index contributed by atoms with van der Waals surface area (Å²) in [6.07, 6.45) is 1.65. The summed E-state index contributed by atoms with van der Waals surface area (Å²) in [4.78, 5) is 17.2. The number of fused-ring (bicyclic) bond motifs is 3. The van der Waals surface area contributed by atoms with Crippen LogP contribution in [0.3, 0.4) is 0 Å². The van der Waals surface area contributed by atoms with Gasteiger partial charge in [-0.1, -0.05) is 24.3 Å². The maximum absolute atomic E-state index is 12.7. The number of carbonyl (C=O) groups is 1. The van der Waals surface area contributed by atoms with Crippen molar-refractivity contribution >= 4 is 22.5 Å². The van der Waals surface area contributed by atoms with Gasteiger partial charge in [-0.2, -0.15) is 5.26 Å². The van der Waals surface area contributed by atoms with Crippen LogP contribution in [-0.2, 0) is 0 Å². The van der Waals surface area contributed by atoms with Crippen molar-refractivity contribution in [3.63, 3.8) is 0 Å². The first-order chi connectivity index (χ1) is 11.7. The molecule has 0 radical (unpaired) electrons. The summed E-state index contributed by atoms with van der Waals surface area (Å²) in [5.41, 5.74) is 2.91. The molecule has 0 saturated heterocycles. The molecule has 1 N–H and O–H groups in total. The molecule has 24 heavy (non-hydrogen) atoms. The number of benzene rings is 2. The number of nitrogens with zero attached hydrogens (tertiary/aromatic N) is 3. The topological polar surface area (TPSA) is 78.4 Å². The first-order valence-electron chi connectivity index (χ1n) is 7.32. The summed E-state index contributed by atoms with van der Waals surface area (Å²) in [5, 5.41) is 19.3. The zero-order chi connectivity index (χ0) is 16.7. The van der Waals surface area contributed by atoms with E-state index in [1.54, 1.807) is 28.8 Å². The largest absolute Gasteiger partial charge is 0.507 e. The average Bonchev–Trinajstić information content (AvgIpc) is 2.99. The second kappa shape index (κ2) is 5.21. The minimum atomic E-state index is -0.343. The van der Waals surface area contributed by atoms with E-state index in [1.807, 2.05) is 24.3 Å². The standard InChI is InChI=1S/C19H11N3O2/c20-10-12-9-13(18(24)14-5-1-4-8-17(14)23)11-22-16-7-3-2-6-15(16)21-19(12)22/h1-9,11,23H. The highest BCUT2D eigenvalue weighted by Crippen LogP contribution is 2.24. The summed E-state index contributed by atoms with van der Waals surface area (Å²) in [6.45, 7) is 0. The summed E-state index contributed by atoms with van der Waals surface area (Å²) in [6, 6.07) is 17.4. The van der Waals surface area contributed by atoms with E-state index in [-0.39, 0.29) is 17.1 Å². The highest BCUT2D eigenvalue weighted by Gasteiger charge is 2.17. The first-order valence-corrected chi connectivity index (χ1v) is 7.32. The quantitative estimate of drug-likeness (QED) is 0.576. The van der Waals surface area contributed by atoms with E-state index in [9.17, 15) is 15.2 Å². The van der Waals surface area contributed by atoms with Gasteiger partial charge in [-0.05, 0) is 30.3 Å². The van der Waals surface area contributed by atoms with Gasteiger partial charge in [0, 0.05) is 11.8 Å². The predicted molar refractivity (Wildman–Crippen MR) is 89.0 cm³/mol. The maximum Gasteiger partial charge on any atom is 0.198 e. The molecule has 0 saturated carbocycles. The molecule has 0 atom stereocenters. The Kier molecular flexibility index (Phi) is 3.04. The van der Waals surface area contributed by atoms with Crippen LogP contribution >= 0.6 is 0 Å². The number of nitriles is 1. The van der Waals surface area contributed by atoms with Crippen LogP contribution in [0, 0.1) is 11.3 Å². The van der Waals surface area contributed by atoms with E-state index < -0.39 is 0 Å². The van der Waals surface area contributed by atoms with Crippen LogP contribution in [0.1, 0.15) is 21.5 Å². The molecule has 0 aliphatic carbocycles. The van der Waals surface area contributed by atoms with Crippen molar-refractivity contribution in [2.24, 2.45) is 0 Å². The first kappa shape index (κ1) is 14.0. The lowest BCUT2D eigenvalue weighted by atomic mass is 10.0. The molecule has 2 aromatic carbocycles. The third kappa shape index (κ3) is 2.02. The zero-order valence-corrected chi connectivity index (χ0v) is 12.5. The second-order valence-electron chi connectivity index (χ2n) is 5.39. The molecule has 0 aliphatic heterocycles. The van der Waals surface area contributed by atoms with E-state index in [2.05, 4.69) is 11.1 Å². The normalized spacial score (nSPS) is 10.8. The maximum atomic E-state index is 12.7. The van der Waals surface area contributed by atoms with E-state index in [4.69, 9.17) is 0 Å². The number of ketones is 1. The van der Waals surface area contributed by atoms with Crippen molar-refractivity contribution in [2.45, 2.75) is 0 Å². The van der Waals surface area contributed by atoms with Gasteiger partial charge < -0.3 is 5.11 Å². The average molecular weight is 313 g/mol. The Morgan fingerprint density at radius 2 is 1.88 bits per heavy atom. The summed E-state index contributed by atoms with van der Waals surface area (Å²) < 4.78 is 1.74. The fourth-order valence-electron chi connectivity index (χ4n) is 2.79. The van der Waals surface area contributed by atoms with Gasteiger partial charge in [-0.3, -0.25) is 9.20 Å². The number of rotatable bonds is 2. The number of phenolic OH excluding ortho intramolecular Hbond substituents is 1. The van der Waals surface area contributed by atoms with Crippen LogP contribution < -0.4 is 0 Å². The highest BCUT2D eigenvalue weighted by atomic mass is 16.3. The molecule has 0 spiro atoms. The Hall–Kier alpha value is -3.65. The van der Waals surface area contributed by atoms with Crippen LogP contribution in [0.25, 0.3) is 16.7 Å². The molecule has 2 heterocycles. The number of aromatic nitrogens is 2. The van der Waals surface area contributed by atoms with E-state index in [0.29, 0.717) is 16.8 Å². The third-order valence-electron chi connectivity index (χ3n) is 3.94. The van der Waals surface area contributed by atoms with Crippen molar-refractivity contribution in [1.29, 1.82) is 5.26 Å². The Morgan fingerprint density at radius 3 is 2.67 bits per heavy atom. The number of imidazole rings is 1. The van der Waals surface area contributed by atoms with Crippen molar-refractivity contribution < 1.29 is 9.90 Å². The molecule has 2 aromatic heterocycles. The Balaban J connectivity index is 2.00. The molecular formula is C19H11N3O2. The summed E-state index contributed by atoms with van der Waals surface area (Å²) >= 11 is 0. The number of phenols is 1. The van der Waals surface area contributed by atoms with Crippen molar-refractivity contribution in [2.75, 3.05) is 0 Å². The minimum Gasteiger partial charge on any atom is -0.507 e. The van der Waals surface area contributed by atoms with Gasteiger partial charge in [-0.15, -0.1) is 0 Å². The van der Waals surface area contributed by atoms with Gasteiger partial charge in [0.05, 0.1) is 22.2 Å². The Morgan fingerprint density at radius 1 is 1.12 bits per heavy atom. The molecular weight excluding hydrogens is 302 g/mol. The van der Waals surface area contributed by atoms with E-state index in [0.717, 1.165) is 11.0 Å². The lowest BCUT2D eigenvalue weighted by Gasteiger charge is -2.06. The molecule has 5 heteroatoms. The summed E-state index contributed by atoms with van der Waals surface area (Å²) in [7, 11) is 0. The predicted octanol–water partition coefficient (Wildman–Crippen LogP) is 3.30. The van der Waals surface area contributed by atoms with Gasteiger partial charge in [0.2, 0.25) is 0 Å². The summed E-state index contributed by atoms with van der Waals surface area (Å²) in [5.74, 6) is -0.430. The lowest BCUT2D eigenvalue weighted by molar-refractivity contribution is 0.103. The monoisotopic (exact) mass is 313 g/mol. The SMILES string of the molecule is N#Cc1cc(C(=O)c2ccccc2O)cn2c1nc1ccccc12. The van der Waals surface area contributed by atoms with Crippen LogP contribution in [0.5, 0.6) is 5.75 Å². The fraction of sp³-hybridized carbons (Fsp3) is 0. The lowest BCUT2D eigenvalue weighted by Crippen LogP contribution is -2.04. The fourth-order valence-corrected chi connectivity index (χ4v) is 2.79. The molecule has 5 nitrogen and oxygen atoms in total. The van der Waals surface area contributed by atoms with Crippen LogP contribution in [-0.4, -0.2) is 20.3 Å². The molecule has 4 rings (SSSR count). The number of para-hydroxylation sites is 3. The number of carbonyl (C=O) groups excluding carboxylic acids is 1. The third-order valence-corrected chi connectivity index (χ3v) is 3.94. The number of hydrogen-bond donors (Lipinski definition) is 1. The number of aromatic hydroxyl groups is 1.